The maximum absolute atomic E-state index is 10.8. The number of ether oxygens (including phenoxy) is 5. The molecule has 2 atom stereocenters. The fraction of sp³-hybridized carbons (Fsp3) is 0.400. The number of rotatable bonds is 12. The monoisotopic (exact) mass is 692 g/mol. The van der Waals surface area contributed by atoms with Crippen LogP contribution in [-0.2, 0) is 25.7 Å². The van der Waals surface area contributed by atoms with Crippen molar-refractivity contribution >= 4 is 14.1 Å². The second kappa shape index (κ2) is 15.6. The predicted molar refractivity (Wildman–Crippen MR) is 203 cm³/mol. The minimum absolute atomic E-state index is 0.0356. The standard InChI is InChI=1S/C40H50B2N2O7/c1-25-17-29-13-15-43(41(3)45)33(31(29)18-26(25)2)19-27-10-12-36(37(21-27)48-6)51-40-22-28(9-11-35(40)47-5)20-34-32-24-39(50-8)38(49-7)23-30(32)14-16-44(34)42(4)46/h9-12,17-18,21-24,33-34,45-46H,13-16,19-20H2,1-8H3/t33-,34-/m1/s1. The average Bonchev–Trinajstić information content (AvgIpc) is 3.12. The molecule has 268 valence electrons. The molecule has 11 heteroatoms. The van der Waals surface area contributed by atoms with Crippen LogP contribution in [0.3, 0.4) is 0 Å². The summed E-state index contributed by atoms with van der Waals surface area (Å²) in [7, 11) is 5.38. The Bertz CT molecular complexity index is 1870. The summed E-state index contributed by atoms with van der Waals surface area (Å²) in [5.41, 5.74) is 9.59. The van der Waals surface area contributed by atoms with Crippen molar-refractivity contribution in [2.24, 2.45) is 0 Å². The van der Waals surface area contributed by atoms with Gasteiger partial charge in [0.05, 0.1) is 28.4 Å². The lowest BCUT2D eigenvalue weighted by Gasteiger charge is -2.39. The van der Waals surface area contributed by atoms with Crippen molar-refractivity contribution in [2.75, 3.05) is 41.5 Å². The molecule has 0 unspecified atom stereocenters. The Kier molecular flexibility index (Phi) is 11.2. The third-order valence-electron chi connectivity index (χ3n) is 10.7. The minimum Gasteiger partial charge on any atom is -0.493 e. The summed E-state index contributed by atoms with van der Waals surface area (Å²) in [6.45, 7) is 9.49. The molecule has 0 saturated heterocycles. The smallest absolute Gasteiger partial charge is 0.376 e. The first-order valence-electron chi connectivity index (χ1n) is 17.8. The quantitative estimate of drug-likeness (QED) is 0.159. The van der Waals surface area contributed by atoms with Crippen LogP contribution in [0.4, 0.5) is 0 Å². The normalized spacial score (nSPS) is 17.3. The molecule has 0 radical (unpaired) electrons. The molecule has 51 heavy (non-hydrogen) atoms. The van der Waals surface area contributed by atoms with Crippen molar-refractivity contribution in [3.63, 3.8) is 0 Å². The predicted octanol–water partition coefficient (Wildman–Crippen LogP) is 6.63. The highest BCUT2D eigenvalue weighted by molar-refractivity contribution is 6.45. The highest BCUT2D eigenvalue weighted by atomic mass is 16.5. The molecule has 6 rings (SSSR count). The van der Waals surface area contributed by atoms with E-state index in [1.54, 1.807) is 28.4 Å². The van der Waals surface area contributed by atoms with Crippen LogP contribution in [0.5, 0.6) is 34.5 Å². The summed E-state index contributed by atoms with van der Waals surface area (Å²) < 4.78 is 29.4. The molecule has 0 saturated carbocycles. The van der Waals surface area contributed by atoms with Gasteiger partial charge in [0.25, 0.3) is 0 Å². The number of nitrogens with zero attached hydrogens (tertiary/aromatic N) is 2. The van der Waals surface area contributed by atoms with Gasteiger partial charge in [-0.3, -0.25) is 0 Å². The summed E-state index contributed by atoms with van der Waals surface area (Å²) in [5.74, 6) is 3.73. The van der Waals surface area contributed by atoms with Gasteiger partial charge in [0, 0.05) is 12.1 Å². The summed E-state index contributed by atoms with van der Waals surface area (Å²) in [5, 5.41) is 21.5. The molecule has 4 aromatic carbocycles. The fourth-order valence-electron chi connectivity index (χ4n) is 7.82. The first-order chi connectivity index (χ1) is 24.5. The zero-order valence-electron chi connectivity index (χ0n) is 31.2. The van der Waals surface area contributed by atoms with Gasteiger partial charge in [0.2, 0.25) is 0 Å². The van der Waals surface area contributed by atoms with Crippen LogP contribution in [0.15, 0.2) is 60.7 Å². The second-order valence-corrected chi connectivity index (χ2v) is 13.8. The average molecular weight is 692 g/mol. The van der Waals surface area contributed by atoms with E-state index >= 15 is 0 Å². The Balaban J connectivity index is 1.28. The van der Waals surface area contributed by atoms with Crippen LogP contribution in [0.25, 0.3) is 0 Å². The molecule has 9 nitrogen and oxygen atoms in total. The highest BCUT2D eigenvalue weighted by Crippen LogP contribution is 2.43. The van der Waals surface area contributed by atoms with Gasteiger partial charge >= 0.3 is 14.1 Å². The number of fused-ring (bicyclic) bond motifs is 2. The molecule has 0 bridgehead atoms. The van der Waals surface area contributed by atoms with Gasteiger partial charge in [0.15, 0.2) is 34.5 Å². The minimum atomic E-state index is -0.629. The molecule has 0 aliphatic carbocycles. The lowest BCUT2D eigenvalue weighted by Crippen LogP contribution is -2.45. The van der Waals surface area contributed by atoms with Crippen molar-refractivity contribution in [3.05, 3.63) is 105 Å². The third kappa shape index (κ3) is 7.58. The van der Waals surface area contributed by atoms with Crippen LogP contribution < -0.4 is 23.7 Å². The van der Waals surface area contributed by atoms with Gasteiger partial charge in [-0.05, 0) is 147 Å². The van der Waals surface area contributed by atoms with Crippen molar-refractivity contribution in [2.45, 2.75) is 65.3 Å². The molecule has 0 spiro atoms. The van der Waals surface area contributed by atoms with Crippen molar-refractivity contribution in [1.82, 2.24) is 9.62 Å². The molecule has 2 heterocycles. The van der Waals surface area contributed by atoms with E-state index in [2.05, 4.69) is 47.7 Å². The van der Waals surface area contributed by atoms with E-state index in [-0.39, 0.29) is 12.1 Å². The lowest BCUT2D eigenvalue weighted by molar-refractivity contribution is 0.268. The van der Waals surface area contributed by atoms with Gasteiger partial charge in [-0.1, -0.05) is 24.3 Å². The molecule has 0 fully saturated rings. The summed E-state index contributed by atoms with van der Waals surface area (Å²) >= 11 is 0. The Morgan fingerprint density at radius 2 is 1.02 bits per heavy atom. The van der Waals surface area contributed by atoms with Gasteiger partial charge in [-0.25, -0.2) is 0 Å². The SMILES string of the molecule is COc1cc2c(cc1OC)[C@@H](Cc1ccc(OC)c(Oc3ccc(C[C@@H]4c5cc(C)c(C)cc5CCN4B(C)O)cc3OC)c1)N(B(C)O)CC2. The van der Waals surface area contributed by atoms with E-state index in [1.165, 1.54) is 27.8 Å². The van der Waals surface area contributed by atoms with E-state index in [0.29, 0.717) is 47.5 Å². The summed E-state index contributed by atoms with van der Waals surface area (Å²) in [6.07, 6.45) is 3.07. The first kappa shape index (κ1) is 36.6. The van der Waals surface area contributed by atoms with Crippen molar-refractivity contribution in [3.8, 4) is 34.5 Å². The number of benzene rings is 4. The van der Waals surface area contributed by atoms with Crippen LogP contribution >= 0.6 is 0 Å². The molecule has 0 amide bonds. The van der Waals surface area contributed by atoms with E-state index in [4.69, 9.17) is 23.7 Å². The second-order valence-electron chi connectivity index (χ2n) is 13.8. The van der Waals surface area contributed by atoms with E-state index in [1.807, 2.05) is 50.0 Å². The molecule has 4 aromatic rings. The van der Waals surface area contributed by atoms with Crippen molar-refractivity contribution < 1.29 is 33.7 Å². The zero-order chi connectivity index (χ0) is 36.4. The molecule has 2 aliphatic rings. The number of aryl methyl sites for hydroxylation is 2. The zero-order valence-corrected chi connectivity index (χ0v) is 31.2. The van der Waals surface area contributed by atoms with E-state index in [9.17, 15) is 10.0 Å². The van der Waals surface area contributed by atoms with E-state index < -0.39 is 14.1 Å². The fourth-order valence-corrected chi connectivity index (χ4v) is 7.82. The highest BCUT2D eigenvalue weighted by Gasteiger charge is 2.34. The van der Waals surface area contributed by atoms with Crippen LogP contribution in [0, 0.1) is 13.8 Å². The first-order valence-corrected chi connectivity index (χ1v) is 17.8. The van der Waals surface area contributed by atoms with Crippen LogP contribution in [0.2, 0.25) is 13.6 Å². The van der Waals surface area contributed by atoms with Crippen LogP contribution in [-0.4, -0.2) is 75.3 Å². The number of hydrogen-bond acceptors (Lipinski definition) is 9. The molecule has 2 aliphatic heterocycles. The Labute approximate surface area is 303 Å². The van der Waals surface area contributed by atoms with Crippen LogP contribution in [0.1, 0.15) is 56.6 Å². The summed E-state index contributed by atoms with van der Waals surface area (Å²) in [4.78, 5) is 4.30. The number of methoxy groups -OCH3 is 4. The molecular weight excluding hydrogens is 642 g/mol. The maximum Gasteiger partial charge on any atom is 0.376 e. The van der Waals surface area contributed by atoms with Gasteiger partial charge < -0.3 is 43.4 Å². The van der Waals surface area contributed by atoms with Gasteiger partial charge in [0.1, 0.15) is 0 Å². The number of hydrogen-bond donors (Lipinski definition) is 2. The lowest BCUT2D eigenvalue weighted by atomic mass is 9.76. The van der Waals surface area contributed by atoms with Gasteiger partial charge in [-0.15, -0.1) is 0 Å². The topological polar surface area (TPSA) is 93.1 Å². The maximum atomic E-state index is 10.8. The Morgan fingerprint density at radius 1 is 0.569 bits per heavy atom. The van der Waals surface area contributed by atoms with Gasteiger partial charge in [-0.2, -0.15) is 0 Å². The Morgan fingerprint density at radius 3 is 1.57 bits per heavy atom. The largest absolute Gasteiger partial charge is 0.493 e. The molecular formula is C40H50B2N2O7. The Hall–Kier alpha value is -4.15. The third-order valence-corrected chi connectivity index (χ3v) is 10.7. The summed E-state index contributed by atoms with van der Waals surface area (Å²) in [6, 6.07) is 20.6. The van der Waals surface area contributed by atoms with E-state index in [0.717, 1.165) is 42.5 Å². The van der Waals surface area contributed by atoms with Crippen molar-refractivity contribution in [1.29, 1.82) is 0 Å². The molecule has 0 aromatic heterocycles. The molecule has 2 N–H and O–H groups in total.